The molecule has 2 aliphatic rings. The molecule has 2 heterocycles. The van der Waals surface area contributed by atoms with Crippen molar-refractivity contribution in [3.05, 3.63) is 29.3 Å². The van der Waals surface area contributed by atoms with Crippen LogP contribution in [0.15, 0.2) is 18.2 Å². The fourth-order valence-corrected chi connectivity index (χ4v) is 3.02. The summed E-state index contributed by atoms with van der Waals surface area (Å²) in [6.45, 7) is 4.87. The molecule has 4 nitrogen and oxygen atoms in total. The van der Waals surface area contributed by atoms with Crippen LogP contribution in [0.2, 0.25) is 0 Å². The van der Waals surface area contributed by atoms with Crippen molar-refractivity contribution in [3.63, 3.8) is 0 Å². The Hall–Kier alpha value is -1.10. The zero-order valence-electron chi connectivity index (χ0n) is 12.1. The molecule has 1 spiro atoms. The number of ether oxygens (including phenoxy) is 3. The van der Waals surface area contributed by atoms with Gasteiger partial charge in [-0.2, -0.15) is 0 Å². The summed E-state index contributed by atoms with van der Waals surface area (Å²) in [6, 6.07) is 6.19. The summed E-state index contributed by atoms with van der Waals surface area (Å²) < 4.78 is 17.7. The van der Waals surface area contributed by atoms with E-state index in [-0.39, 0.29) is 11.7 Å². The first-order valence-electron chi connectivity index (χ1n) is 7.39. The summed E-state index contributed by atoms with van der Waals surface area (Å²) in [5, 5.41) is 0. The second-order valence-corrected chi connectivity index (χ2v) is 5.87. The van der Waals surface area contributed by atoms with Crippen molar-refractivity contribution >= 4 is 0 Å². The molecule has 3 rings (SSSR count). The smallest absolute Gasteiger partial charge is 0.122 e. The van der Waals surface area contributed by atoms with Crippen LogP contribution in [0.5, 0.6) is 5.75 Å². The average molecular weight is 277 g/mol. The highest BCUT2D eigenvalue weighted by Crippen LogP contribution is 2.35. The van der Waals surface area contributed by atoms with Gasteiger partial charge in [0.05, 0.1) is 18.8 Å². The van der Waals surface area contributed by atoms with Gasteiger partial charge in [-0.25, -0.2) is 0 Å². The Morgan fingerprint density at radius 2 is 2.30 bits per heavy atom. The monoisotopic (exact) mass is 277 g/mol. The molecule has 1 aromatic rings. The minimum absolute atomic E-state index is 0.109. The number of benzene rings is 1. The van der Waals surface area contributed by atoms with Crippen molar-refractivity contribution in [1.82, 2.24) is 0 Å². The molecular formula is C16H23NO3. The van der Waals surface area contributed by atoms with Gasteiger partial charge in [-0.15, -0.1) is 0 Å². The highest BCUT2D eigenvalue weighted by Gasteiger charge is 2.41. The van der Waals surface area contributed by atoms with E-state index in [2.05, 4.69) is 25.1 Å². The van der Waals surface area contributed by atoms with Crippen LogP contribution >= 0.6 is 0 Å². The minimum atomic E-state index is -0.109. The van der Waals surface area contributed by atoms with Crippen LogP contribution in [0.3, 0.4) is 0 Å². The van der Waals surface area contributed by atoms with Crippen molar-refractivity contribution in [2.75, 3.05) is 19.8 Å². The highest BCUT2D eigenvalue weighted by atomic mass is 16.6. The predicted octanol–water partition coefficient (Wildman–Crippen LogP) is 2.17. The molecule has 0 aliphatic carbocycles. The van der Waals surface area contributed by atoms with Gasteiger partial charge in [0, 0.05) is 32.4 Å². The van der Waals surface area contributed by atoms with Crippen LogP contribution < -0.4 is 10.5 Å². The van der Waals surface area contributed by atoms with Gasteiger partial charge in [-0.05, 0) is 24.1 Å². The Kier molecular flexibility index (Phi) is 3.96. The topological polar surface area (TPSA) is 53.7 Å². The first-order chi connectivity index (χ1) is 9.71. The molecule has 1 aromatic carbocycles. The lowest BCUT2D eigenvalue weighted by Crippen LogP contribution is -2.44. The second-order valence-electron chi connectivity index (χ2n) is 5.87. The van der Waals surface area contributed by atoms with Gasteiger partial charge in [0.1, 0.15) is 11.9 Å². The van der Waals surface area contributed by atoms with Crippen molar-refractivity contribution in [2.45, 2.75) is 44.4 Å². The minimum Gasteiger partial charge on any atom is -0.490 e. The molecule has 2 saturated heterocycles. The van der Waals surface area contributed by atoms with Gasteiger partial charge in [-0.1, -0.05) is 12.1 Å². The number of rotatable bonds is 3. The molecule has 4 heteroatoms. The maximum absolute atomic E-state index is 6.22. The van der Waals surface area contributed by atoms with E-state index in [0.29, 0.717) is 13.2 Å². The Labute approximate surface area is 120 Å². The Morgan fingerprint density at radius 3 is 3.05 bits per heavy atom. The Balaban J connectivity index is 1.71. The number of hydrogen-bond acceptors (Lipinski definition) is 4. The van der Waals surface area contributed by atoms with Crippen LogP contribution in [0, 0.1) is 6.92 Å². The van der Waals surface area contributed by atoms with E-state index in [1.165, 1.54) is 0 Å². The third-order valence-electron chi connectivity index (χ3n) is 4.30. The lowest BCUT2D eigenvalue weighted by Gasteiger charge is -2.37. The molecule has 0 saturated carbocycles. The molecule has 2 unspecified atom stereocenters. The standard InChI is InChI=1S/C16H23NO3/c1-12-2-3-13(10-17)8-15(12)20-14-4-6-19-16(9-14)5-7-18-11-16/h2-3,8,14H,4-7,9-11,17H2,1H3. The van der Waals surface area contributed by atoms with Crippen molar-refractivity contribution in [2.24, 2.45) is 5.73 Å². The summed E-state index contributed by atoms with van der Waals surface area (Å²) in [5.74, 6) is 0.953. The van der Waals surface area contributed by atoms with Crippen molar-refractivity contribution in [3.8, 4) is 5.75 Å². The lowest BCUT2D eigenvalue weighted by molar-refractivity contribution is -0.112. The van der Waals surface area contributed by atoms with Crippen LogP contribution in [0.4, 0.5) is 0 Å². The van der Waals surface area contributed by atoms with E-state index >= 15 is 0 Å². The van der Waals surface area contributed by atoms with Crippen LogP contribution in [0.25, 0.3) is 0 Å². The fourth-order valence-electron chi connectivity index (χ4n) is 3.02. The normalized spacial score (nSPS) is 29.8. The third-order valence-corrected chi connectivity index (χ3v) is 4.30. The SMILES string of the molecule is Cc1ccc(CN)cc1OC1CCOC2(CCOC2)C1. The molecule has 2 atom stereocenters. The first kappa shape index (κ1) is 13.9. The fraction of sp³-hybridized carbons (Fsp3) is 0.625. The van der Waals surface area contributed by atoms with E-state index in [0.717, 1.165) is 49.4 Å². The molecule has 110 valence electrons. The van der Waals surface area contributed by atoms with Gasteiger partial charge >= 0.3 is 0 Å². The zero-order chi connectivity index (χ0) is 14.0. The van der Waals surface area contributed by atoms with E-state index in [1.54, 1.807) is 0 Å². The van der Waals surface area contributed by atoms with Gasteiger partial charge < -0.3 is 19.9 Å². The second kappa shape index (κ2) is 5.72. The van der Waals surface area contributed by atoms with Gasteiger partial charge in [0.2, 0.25) is 0 Å². The molecule has 0 amide bonds. The van der Waals surface area contributed by atoms with Gasteiger partial charge in [0.15, 0.2) is 0 Å². The summed E-state index contributed by atoms with van der Waals surface area (Å²) >= 11 is 0. The Morgan fingerprint density at radius 1 is 1.40 bits per heavy atom. The lowest BCUT2D eigenvalue weighted by atomic mass is 9.91. The summed E-state index contributed by atoms with van der Waals surface area (Å²) in [4.78, 5) is 0. The van der Waals surface area contributed by atoms with E-state index in [9.17, 15) is 0 Å². The largest absolute Gasteiger partial charge is 0.490 e. The number of aryl methyl sites for hydroxylation is 1. The van der Waals surface area contributed by atoms with Gasteiger partial charge in [0.25, 0.3) is 0 Å². The van der Waals surface area contributed by atoms with Crippen molar-refractivity contribution in [1.29, 1.82) is 0 Å². The Bertz CT molecular complexity index is 469. The van der Waals surface area contributed by atoms with Crippen molar-refractivity contribution < 1.29 is 14.2 Å². The summed E-state index contributed by atoms with van der Waals surface area (Å²) in [6.07, 6.45) is 3.04. The van der Waals surface area contributed by atoms with Crippen LogP contribution in [0.1, 0.15) is 30.4 Å². The molecular weight excluding hydrogens is 254 g/mol. The molecule has 2 fully saturated rings. The highest BCUT2D eigenvalue weighted by molar-refractivity contribution is 5.36. The first-order valence-corrected chi connectivity index (χ1v) is 7.39. The zero-order valence-corrected chi connectivity index (χ0v) is 12.1. The molecule has 20 heavy (non-hydrogen) atoms. The molecule has 0 bridgehead atoms. The third kappa shape index (κ3) is 2.82. The number of nitrogens with two attached hydrogens (primary N) is 1. The maximum atomic E-state index is 6.22. The molecule has 2 aliphatic heterocycles. The van der Waals surface area contributed by atoms with Crippen LogP contribution in [-0.2, 0) is 16.0 Å². The van der Waals surface area contributed by atoms with E-state index < -0.39 is 0 Å². The summed E-state index contributed by atoms with van der Waals surface area (Å²) in [5.41, 5.74) is 7.86. The average Bonchev–Trinajstić information content (AvgIpc) is 2.89. The number of hydrogen-bond donors (Lipinski definition) is 1. The molecule has 0 aromatic heterocycles. The predicted molar refractivity (Wildman–Crippen MR) is 76.8 cm³/mol. The molecule has 0 radical (unpaired) electrons. The summed E-state index contributed by atoms with van der Waals surface area (Å²) in [7, 11) is 0. The molecule has 2 N–H and O–H groups in total. The van der Waals surface area contributed by atoms with Crippen LogP contribution in [-0.4, -0.2) is 31.5 Å². The van der Waals surface area contributed by atoms with E-state index in [4.69, 9.17) is 19.9 Å². The van der Waals surface area contributed by atoms with E-state index in [1.807, 2.05) is 0 Å². The maximum Gasteiger partial charge on any atom is 0.122 e. The quantitative estimate of drug-likeness (QED) is 0.920. The van der Waals surface area contributed by atoms with Gasteiger partial charge in [-0.3, -0.25) is 0 Å².